The molecule has 1 aromatic carbocycles. The maximum atomic E-state index is 13.8. The topological polar surface area (TPSA) is 54.3 Å². The Kier molecular flexibility index (Phi) is 4.85. The summed E-state index contributed by atoms with van der Waals surface area (Å²) >= 11 is 0. The van der Waals surface area contributed by atoms with Gasteiger partial charge >= 0.3 is 0 Å². The van der Waals surface area contributed by atoms with Crippen LogP contribution in [0.1, 0.15) is 27.2 Å². The van der Waals surface area contributed by atoms with Gasteiger partial charge in [0.1, 0.15) is 5.82 Å². The van der Waals surface area contributed by atoms with E-state index < -0.39 is 0 Å². The fraction of sp³-hybridized carbons (Fsp3) is 0.381. The molecule has 0 unspecified atom stereocenters. The first-order valence-corrected chi connectivity index (χ1v) is 9.48. The van der Waals surface area contributed by atoms with Gasteiger partial charge in [-0.15, -0.1) is 0 Å². The van der Waals surface area contributed by atoms with Crippen LogP contribution in [0.25, 0.3) is 11.0 Å². The Morgan fingerprint density at radius 2 is 1.89 bits per heavy atom. The second-order valence-corrected chi connectivity index (χ2v) is 7.46. The first kappa shape index (κ1) is 18.6. The monoisotopic (exact) mass is 381 g/mol. The molecule has 2 aromatic heterocycles. The van der Waals surface area contributed by atoms with Gasteiger partial charge in [-0.3, -0.25) is 14.4 Å². The summed E-state index contributed by atoms with van der Waals surface area (Å²) in [6.45, 7) is 7.31. The number of benzene rings is 1. The SMILES string of the molecule is Cc1ccc(C(=O)N2CCN(Cc3cnc4c(c3)c(C)nn4C)CC2)cc1F. The van der Waals surface area contributed by atoms with Crippen molar-refractivity contribution in [1.82, 2.24) is 24.6 Å². The van der Waals surface area contributed by atoms with Crippen LogP contribution in [0.5, 0.6) is 0 Å². The van der Waals surface area contributed by atoms with Gasteiger partial charge in [0.05, 0.1) is 5.69 Å². The number of hydrogen-bond acceptors (Lipinski definition) is 4. The molecule has 7 heteroatoms. The molecule has 1 saturated heterocycles. The number of carbonyl (C=O) groups excluding carboxylic acids is 1. The largest absolute Gasteiger partial charge is 0.336 e. The summed E-state index contributed by atoms with van der Waals surface area (Å²) in [4.78, 5) is 21.3. The zero-order valence-corrected chi connectivity index (χ0v) is 16.4. The molecule has 0 bridgehead atoms. The van der Waals surface area contributed by atoms with Gasteiger partial charge < -0.3 is 4.90 Å². The Morgan fingerprint density at radius 3 is 2.61 bits per heavy atom. The van der Waals surface area contributed by atoms with E-state index in [2.05, 4.69) is 21.0 Å². The Labute approximate surface area is 163 Å². The van der Waals surface area contributed by atoms with Gasteiger partial charge in [-0.25, -0.2) is 9.37 Å². The number of carbonyl (C=O) groups is 1. The van der Waals surface area contributed by atoms with Crippen LogP contribution < -0.4 is 0 Å². The number of fused-ring (bicyclic) bond motifs is 1. The highest BCUT2D eigenvalue weighted by Gasteiger charge is 2.23. The minimum atomic E-state index is -0.335. The highest BCUT2D eigenvalue weighted by molar-refractivity contribution is 5.94. The van der Waals surface area contributed by atoms with Crippen LogP contribution >= 0.6 is 0 Å². The lowest BCUT2D eigenvalue weighted by Gasteiger charge is -2.34. The van der Waals surface area contributed by atoms with Gasteiger partial charge in [0, 0.05) is 56.9 Å². The van der Waals surface area contributed by atoms with Crippen LogP contribution in [0.2, 0.25) is 0 Å². The smallest absolute Gasteiger partial charge is 0.254 e. The molecular weight excluding hydrogens is 357 g/mol. The Balaban J connectivity index is 1.39. The lowest BCUT2D eigenvalue weighted by Crippen LogP contribution is -2.48. The maximum Gasteiger partial charge on any atom is 0.254 e. The maximum absolute atomic E-state index is 13.8. The summed E-state index contributed by atoms with van der Waals surface area (Å²) in [6, 6.07) is 6.84. The van der Waals surface area contributed by atoms with Gasteiger partial charge in [0.25, 0.3) is 5.91 Å². The number of halogens is 1. The number of aromatic nitrogens is 3. The lowest BCUT2D eigenvalue weighted by atomic mass is 10.1. The van der Waals surface area contributed by atoms with Crippen LogP contribution in [0.4, 0.5) is 4.39 Å². The van der Waals surface area contributed by atoms with Crippen molar-refractivity contribution in [1.29, 1.82) is 0 Å². The van der Waals surface area contributed by atoms with E-state index in [1.165, 1.54) is 6.07 Å². The lowest BCUT2D eigenvalue weighted by molar-refractivity contribution is 0.0628. The first-order valence-electron chi connectivity index (χ1n) is 9.48. The Hall–Kier alpha value is -2.80. The molecule has 3 heterocycles. The van der Waals surface area contributed by atoms with E-state index >= 15 is 0 Å². The molecule has 1 aliphatic heterocycles. The van der Waals surface area contributed by atoms with E-state index in [1.54, 1.807) is 28.6 Å². The van der Waals surface area contributed by atoms with Gasteiger partial charge in [-0.2, -0.15) is 5.10 Å². The third kappa shape index (κ3) is 3.49. The molecule has 3 aromatic rings. The molecule has 1 aliphatic rings. The Morgan fingerprint density at radius 1 is 1.14 bits per heavy atom. The first-order chi connectivity index (χ1) is 13.4. The van der Waals surface area contributed by atoms with E-state index in [1.807, 2.05) is 20.2 Å². The van der Waals surface area contributed by atoms with Crippen molar-refractivity contribution in [2.45, 2.75) is 20.4 Å². The van der Waals surface area contributed by atoms with Crippen LogP contribution in [-0.4, -0.2) is 56.7 Å². The second kappa shape index (κ2) is 7.31. The number of nitrogens with zero attached hydrogens (tertiary/aromatic N) is 5. The number of aryl methyl sites for hydroxylation is 3. The number of piperazine rings is 1. The average Bonchev–Trinajstić information content (AvgIpc) is 2.97. The minimum Gasteiger partial charge on any atom is -0.336 e. The number of rotatable bonds is 3. The molecule has 28 heavy (non-hydrogen) atoms. The average molecular weight is 381 g/mol. The van der Waals surface area contributed by atoms with Crippen LogP contribution in [0.3, 0.4) is 0 Å². The van der Waals surface area contributed by atoms with Gasteiger partial charge in [-0.05, 0) is 43.2 Å². The van der Waals surface area contributed by atoms with Crippen molar-refractivity contribution in [3.8, 4) is 0 Å². The minimum absolute atomic E-state index is 0.104. The molecule has 0 radical (unpaired) electrons. The van der Waals surface area contributed by atoms with Crippen molar-refractivity contribution in [3.63, 3.8) is 0 Å². The summed E-state index contributed by atoms with van der Waals surface area (Å²) < 4.78 is 15.6. The predicted molar refractivity (Wildman–Crippen MR) is 106 cm³/mol. The van der Waals surface area contributed by atoms with Crippen LogP contribution in [0.15, 0.2) is 30.5 Å². The summed E-state index contributed by atoms with van der Waals surface area (Å²) in [5, 5.41) is 5.50. The molecule has 0 saturated carbocycles. The number of amides is 1. The normalized spacial score (nSPS) is 15.4. The zero-order chi connectivity index (χ0) is 19.8. The third-order valence-electron chi connectivity index (χ3n) is 5.40. The molecule has 0 spiro atoms. The zero-order valence-electron chi connectivity index (χ0n) is 16.4. The molecule has 146 valence electrons. The second-order valence-electron chi connectivity index (χ2n) is 7.46. The van der Waals surface area contributed by atoms with Crippen molar-refractivity contribution in [2.75, 3.05) is 26.2 Å². The fourth-order valence-corrected chi connectivity index (χ4v) is 3.71. The third-order valence-corrected chi connectivity index (χ3v) is 5.40. The fourth-order valence-electron chi connectivity index (χ4n) is 3.71. The van der Waals surface area contributed by atoms with Crippen LogP contribution in [0, 0.1) is 19.7 Å². The summed E-state index contributed by atoms with van der Waals surface area (Å²) in [6.07, 6.45) is 1.90. The van der Waals surface area contributed by atoms with Gasteiger partial charge in [0.15, 0.2) is 5.65 Å². The molecule has 1 amide bonds. The number of pyridine rings is 1. The highest BCUT2D eigenvalue weighted by Crippen LogP contribution is 2.19. The van der Waals surface area contributed by atoms with E-state index in [-0.39, 0.29) is 11.7 Å². The van der Waals surface area contributed by atoms with Crippen molar-refractivity contribution >= 4 is 16.9 Å². The van der Waals surface area contributed by atoms with E-state index in [4.69, 9.17) is 0 Å². The van der Waals surface area contributed by atoms with E-state index in [0.717, 1.165) is 41.9 Å². The molecular formula is C21H24FN5O. The van der Waals surface area contributed by atoms with Gasteiger partial charge in [0.2, 0.25) is 0 Å². The van der Waals surface area contributed by atoms with Crippen LogP contribution in [-0.2, 0) is 13.6 Å². The van der Waals surface area contributed by atoms with Crippen molar-refractivity contribution < 1.29 is 9.18 Å². The molecule has 1 fully saturated rings. The van der Waals surface area contributed by atoms with E-state index in [9.17, 15) is 9.18 Å². The van der Waals surface area contributed by atoms with Crippen molar-refractivity contribution in [2.24, 2.45) is 7.05 Å². The summed E-state index contributed by atoms with van der Waals surface area (Å²) in [5.74, 6) is -0.439. The number of hydrogen-bond donors (Lipinski definition) is 0. The van der Waals surface area contributed by atoms with E-state index in [0.29, 0.717) is 24.2 Å². The standard InChI is InChI=1S/C21H24FN5O/c1-14-4-5-17(11-19(14)22)21(28)27-8-6-26(7-9-27)13-16-10-18-15(2)24-25(3)20(18)23-12-16/h4-5,10-12H,6-9,13H2,1-3H3. The molecule has 0 aliphatic carbocycles. The quantitative estimate of drug-likeness (QED) is 0.700. The van der Waals surface area contributed by atoms with Gasteiger partial charge in [-0.1, -0.05) is 6.07 Å². The summed E-state index contributed by atoms with van der Waals surface area (Å²) in [7, 11) is 1.90. The molecule has 0 atom stereocenters. The molecule has 6 nitrogen and oxygen atoms in total. The molecule has 4 rings (SSSR count). The predicted octanol–water partition coefficient (Wildman–Crippen LogP) is 2.68. The highest BCUT2D eigenvalue weighted by atomic mass is 19.1. The summed E-state index contributed by atoms with van der Waals surface area (Å²) in [5.41, 5.74) is 3.98. The van der Waals surface area contributed by atoms with Crippen molar-refractivity contribution in [3.05, 3.63) is 58.7 Å². The molecule has 0 N–H and O–H groups in total. The Bertz CT molecular complexity index is 1040.